The van der Waals surface area contributed by atoms with Crippen molar-refractivity contribution in [2.75, 3.05) is 17.2 Å². The van der Waals surface area contributed by atoms with Gasteiger partial charge in [-0.05, 0) is 30.7 Å². The molecule has 3 aromatic rings. The normalized spacial score (nSPS) is 10.5. The van der Waals surface area contributed by atoms with Crippen molar-refractivity contribution in [3.63, 3.8) is 0 Å². The van der Waals surface area contributed by atoms with Crippen molar-refractivity contribution in [3.8, 4) is 0 Å². The molecule has 3 rings (SSSR count). The highest BCUT2D eigenvalue weighted by molar-refractivity contribution is 6.07. The highest BCUT2D eigenvalue weighted by atomic mass is 16.1. The molecular weight excluding hydrogens is 288 g/mol. The van der Waals surface area contributed by atoms with Crippen LogP contribution in [0.2, 0.25) is 0 Å². The number of nitrogens with one attached hydrogen (secondary N) is 2. The molecule has 0 saturated heterocycles. The van der Waals surface area contributed by atoms with Crippen molar-refractivity contribution in [1.29, 1.82) is 0 Å². The Bertz CT molecular complexity index is 818. The second kappa shape index (κ2) is 6.87. The third-order valence-corrected chi connectivity index (χ3v) is 3.36. The zero-order valence-electron chi connectivity index (χ0n) is 12.9. The van der Waals surface area contributed by atoms with Crippen LogP contribution in [0.5, 0.6) is 0 Å². The average Bonchev–Trinajstić information content (AvgIpc) is 2.60. The number of hydrogen-bond acceptors (Lipinski definition) is 4. The van der Waals surface area contributed by atoms with Crippen molar-refractivity contribution in [3.05, 3.63) is 60.3 Å². The number of para-hydroxylation sites is 3. The van der Waals surface area contributed by atoms with E-state index in [0.717, 1.165) is 24.2 Å². The molecule has 0 spiro atoms. The molecule has 0 unspecified atom stereocenters. The molecule has 0 radical (unpaired) electrons. The number of nitrogens with zero attached hydrogens (tertiary/aromatic N) is 2. The zero-order valence-corrected chi connectivity index (χ0v) is 12.9. The van der Waals surface area contributed by atoms with E-state index in [1.165, 1.54) is 0 Å². The smallest absolute Gasteiger partial charge is 0.278 e. The van der Waals surface area contributed by atoms with Crippen LogP contribution in [0.4, 0.5) is 11.5 Å². The first kappa shape index (κ1) is 15.0. The second-order valence-electron chi connectivity index (χ2n) is 5.16. The van der Waals surface area contributed by atoms with Crippen molar-refractivity contribution in [1.82, 2.24) is 9.97 Å². The van der Waals surface area contributed by atoms with Gasteiger partial charge in [0.05, 0.1) is 11.0 Å². The van der Waals surface area contributed by atoms with Crippen LogP contribution < -0.4 is 10.6 Å². The van der Waals surface area contributed by atoms with Gasteiger partial charge in [0.1, 0.15) is 0 Å². The Morgan fingerprint density at radius 3 is 2.30 bits per heavy atom. The summed E-state index contributed by atoms with van der Waals surface area (Å²) in [6.07, 6.45) is 0.939. The van der Waals surface area contributed by atoms with E-state index in [1.54, 1.807) is 0 Å². The first-order valence-electron chi connectivity index (χ1n) is 7.65. The fourth-order valence-electron chi connectivity index (χ4n) is 2.24. The van der Waals surface area contributed by atoms with Crippen LogP contribution in [0.15, 0.2) is 54.6 Å². The molecule has 2 aromatic carbocycles. The minimum atomic E-state index is -0.270. The Labute approximate surface area is 134 Å². The van der Waals surface area contributed by atoms with Crippen molar-refractivity contribution < 1.29 is 4.79 Å². The lowest BCUT2D eigenvalue weighted by atomic mass is 10.2. The summed E-state index contributed by atoms with van der Waals surface area (Å²) in [5.41, 5.74) is 2.50. The predicted octanol–water partition coefficient (Wildman–Crippen LogP) is 3.70. The minimum Gasteiger partial charge on any atom is -0.368 e. The Hall–Kier alpha value is -2.95. The van der Waals surface area contributed by atoms with Crippen LogP contribution in [0, 0.1) is 0 Å². The first-order valence-corrected chi connectivity index (χ1v) is 7.65. The number of hydrogen-bond donors (Lipinski definition) is 2. The van der Waals surface area contributed by atoms with Gasteiger partial charge in [-0.1, -0.05) is 37.3 Å². The molecule has 0 atom stereocenters. The molecular formula is C18H18N4O. The van der Waals surface area contributed by atoms with Crippen LogP contribution in [-0.2, 0) is 0 Å². The van der Waals surface area contributed by atoms with E-state index < -0.39 is 0 Å². The number of fused-ring (bicyclic) bond motifs is 1. The minimum absolute atomic E-state index is 0.270. The monoisotopic (exact) mass is 306 g/mol. The van der Waals surface area contributed by atoms with Gasteiger partial charge in [-0.2, -0.15) is 0 Å². The summed E-state index contributed by atoms with van der Waals surface area (Å²) in [5, 5.41) is 6.05. The molecule has 0 bridgehead atoms. The van der Waals surface area contributed by atoms with Crippen molar-refractivity contribution in [2.45, 2.75) is 13.3 Å². The summed E-state index contributed by atoms with van der Waals surface area (Å²) in [6, 6.07) is 16.9. The molecule has 0 aliphatic carbocycles. The number of carbonyl (C=O) groups is 1. The number of anilines is 2. The lowest BCUT2D eigenvalue weighted by Crippen LogP contribution is -2.18. The quantitative estimate of drug-likeness (QED) is 0.754. The summed E-state index contributed by atoms with van der Waals surface area (Å²) in [4.78, 5) is 21.6. The third kappa shape index (κ3) is 3.45. The summed E-state index contributed by atoms with van der Waals surface area (Å²) in [7, 11) is 0. The number of benzene rings is 2. The van der Waals surface area contributed by atoms with Crippen LogP contribution in [-0.4, -0.2) is 22.4 Å². The highest BCUT2D eigenvalue weighted by Crippen LogP contribution is 2.18. The van der Waals surface area contributed by atoms with E-state index in [-0.39, 0.29) is 5.91 Å². The molecule has 2 N–H and O–H groups in total. The standard InChI is InChI=1S/C18H18N4O/c1-2-12-19-17-16(18(23)20-13-8-4-3-5-9-13)21-14-10-6-7-11-15(14)22-17/h3-11H,2,12H2,1H3,(H,19,22)(H,20,23). The van der Waals surface area contributed by atoms with Crippen molar-refractivity contribution in [2.24, 2.45) is 0 Å². The maximum absolute atomic E-state index is 12.6. The maximum atomic E-state index is 12.6. The Kier molecular flexibility index (Phi) is 4.47. The van der Waals surface area contributed by atoms with Gasteiger partial charge in [0.25, 0.3) is 5.91 Å². The van der Waals surface area contributed by atoms with E-state index in [0.29, 0.717) is 17.0 Å². The molecule has 23 heavy (non-hydrogen) atoms. The van der Waals surface area contributed by atoms with E-state index in [4.69, 9.17) is 0 Å². The van der Waals surface area contributed by atoms with E-state index in [1.807, 2.05) is 54.6 Å². The highest BCUT2D eigenvalue weighted by Gasteiger charge is 2.16. The van der Waals surface area contributed by atoms with E-state index in [2.05, 4.69) is 27.5 Å². The number of aromatic nitrogens is 2. The molecule has 0 aliphatic rings. The first-order chi connectivity index (χ1) is 11.3. The molecule has 1 amide bonds. The van der Waals surface area contributed by atoms with Gasteiger partial charge < -0.3 is 10.6 Å². The molecule has 1 heterocycles. The lowest BCUT2D eigenvalue weighted by Gasteiger charge is -2.11. The van der Waals surface area contributed by atoms with Crippen LogP contribution in [0.3, 0.4) is 0 Å². The zero-order chi connectivity index (χ0) is 16.1. The fourth-order valence-corrected chi connectivity index (χ4v) is 2.24. The maximum Gasteiger partial charge on any atom is 0.278 e. The second-order valence-corrected chi connectivity index (χ2v) is 5.16. The largest absolute Gasteiger partial charge is 0.368 e. The Balaban J connectivity index is 1.97. The predicted molar refractivity (Wildman–Crippen MR) is 92.7 cm³/mol. The Morgan fingerprint density at radius 2 is 1.61 bits per heavy atom. The van der Waals surface area contributed by atoms with Gasteiger partial charge in [-0.15, -0.1) is 0 Å². The summed E-state index contributed by atoms with van der Waals surface area (Å²) < 4.78 is 0. The van der Waals surface area contributed by atoms with Gasteiger partial charge in [0.2, 0.25) is 0 Å². The molecule has 0 aliphatic heterocycles. The molecule has 1 aromatic heterocycles. The topological polar surface area (TPSA) is 66.9 Å². The number of rotatable bonds is 5. The van der Waals surface area contributed by atoms with E-state index >= 15 is 0 Å². The molecule has 116 valence electrons. The summed E-state index contributed by atoms with van der Waals surface area (Å²) >= 11 is 0. The van der Waals surface area contributed by atoms with Crippen LogP contribution >= 0.6 is 0 Å². The molecule has 5 nitrogen and oxygen atoms in total. The lowest BCUT2D eigenvalue weighted by molar-refractivity contribution is 0.102. The Morgan fingerprint density at radius 1 is 0.957 bits per heavy atom. The van der Waals surface area contributed by atoms with Crippen LogP contribution in [0.25, 0.3) is 11.0 Å². The van der Waals surface area contributed by atoms with Gasteiger partial charge in [0.15, 0.2) is 11.5 Å². The fraction of sp³-hybridized carbons (Fsp3) is 0.167. The third-order valence-electron chi connectivity index (χ3n) is 3.36. The van der Waals surface area contributed by atoms with Crippen molar-refractivity contribution >= 4 is 28.4 Å². The average molecular weight is 306 g/mol. The number of amides is 1. The van der Waals surface area contributed by atoms with Gasteiger partial charge >= 0.3 is 0 Å². The molecule has 0 fully saturated rings. The SMILES string of the molecule is CCCNc1nc2ccccc2nc1C(=O)Nc1ccccc1. The molecule has 0 saturated carbocycles. The van der Waals surface area contributed by atoms with Gasteiger partial charge in [-0.25, -0.2) is 9.97 Å². The van der Waals surface area contributed by atoms with E-state index in [9.17, 15) is 4.79 Å². The number of carbonyl (C=O) groups excluding carboxylic acids is 1. The van der Waals surface area contributed by atoms with Crippen LogP contribution in [0.1, 0.15) is 23.8 Å². The summed E-state index contributed by atoms with van der Waals surface area (Å²) in [5.74, 6) is 0.243. The van der Waals surface area contributed by atoms with Gasteiger partial charge in [-0.3, -0.25) is 4.79 Å². The summed E-state index contributed by atoms with van der Waals surface area (Å²) in [6.45, 7) is 2.80. The van der Waals surface area contributed by atoms with Gasteiger partial charge in [0, 0.05) is 12.2 Å². The molecule has 5 heteroatoms.